The van der Waals surface area contributed by atoms with Gasteiger partial charge in [0.1, 0.15) is 0 Å². The molecular formula is C10H17NS. The lowest BCUT2D eigenvalue weighted by Crippen LogP contribution is -2.00. The van der Waals surface area contributed by atoms with Crippen LogP contribution in [0.4, 0.5) is 0 Å². The topological polar surface area (TPSA) is 4.93 Å². The van der Waals surface area contributed by atoms with E-state index in [-0.39, 0.29) is 0 Å². The smallest absolute Gasteiger partial charge is 0.0754 e. The molecule has 0 fully saturated rings. The Hall–Kier alpha value is -0.370. The van der Waals surface area contributed by atoms with Gasteiger partial charge in [0, 0.05) is 12.2 Å². The normalized spacial score (nSPS) is 11.6. The van der Waals surface area contributed by atoms with Gasteiger partial charge in [-0.15, -0.1) is 12.6 Å². The highest BCUT2D eigenvalue weighted by molar-refractivity contribution is 7.80. The van der Waals surface area contributed by atoms with E-state index in [0.29, 0.717) is 12.0 Å². The SMILES string of the molecule is CC(C)c1ccn(C(C)C)c1S. The quantitative estimate of drug-likeness (QED) is 0.670. The molecule has 1 aromatic heterocycles. The summed E-state index contributed by atoms with van der Waals surface area (Å²) in [5, 5.41) is 1.11. The van der Waals surface area contributed by atoms with Crippen molar-refractivity contribution >= 4 is 12.6 Å². The molecule has 0 atom stereocenters. The minimum absolute atomic E-state index is 0.505. The van der Waals surface area contributed by atoms with E-state index >= 15 is 0 Å². The van der Waals surface area contributed by atoms with Crippen molar-refractivity contribution in [3.05, 3.63) is 17.8 Å². The van der Waals surface area contributed by atoms with Crippen LogP contribution in [0.5, 0.6) is 0 Å². The first-order chi connectivity index (χ1) is 5.54. The molecule has 0 aliphatic rings. The molecule has 1 rings (SSSR count). The summed E-state index contributed by atoms with van der Waals surface area (Å²) >= 11 is 4.50. The minimum atomic E-state index is 0.505. The van der Waals surface area contributed by atoms with Crippen LogP contribution in [0.1, 0.15) is 45.2 Å². The number of hydrogen-bond acceptors (Lipinski definition) is 1. The Morgan fingerprint density at radius 1 is 1.25 bits per heavy atom. The van der Waals surface area contributed by atoms with Gasteiger partial charge in [-0.1, -0.05) is 13.8 Å². The predicted molar refractivity (Wildman–Crippen MR) is 56.2 cm³/mol. The van der Waals surface area contributed by atoms with Gasteiger partial charge < -0.3 is 4.57 Å². The fourth-order valence-corrected chi connectivity index (χ4v) is 1.95. The van der Waals surface area contributed by atoms with Crippen LogP contribution < -0.4 is 0 Å². The van der Waals surface area contributed by atoms with E-state index < -0.39 is 0 Å². The third-order valence-electron chi connectivity index (χ3n) is 2.10. The predicted octanol–water partition coefficient (Wildman–Crippen LogP) is 3.48. The summed E-state index contributed by atoms with van der Waals surface area (Å²) in [6.07, 6.45) is 2.11. The van der Waals surface area contributed by atoms with Crippen LogP contribution in [-0.4, -0.2) is 4.57 Å². The molecule has 0 aliphatic carbocycles. The molecule has 0 spiro atoms. The minimum Gasteiger partial charge on any atom is -0.340 e. The Kier molecular flexibility index (Phi) is 2.89. The Morgan fingerprint density at radius 2 is 1.83 bits per heavy atom. The highest BCUT2D eigenvalue weighted by atomic mass is 32.1. The first kappa shape index (κ1) is 9.72. The standard InChI is InChI=1S/C10H17NS/c1-7(2)9-5-6-11(8(3)4)10(9)12/h5-8,12H,1-4H3. The van der Waals surface area contributed by atoms with Gasteiger partial charge in [0.05, 0.1) is 5.03 Å². The molecule has 1 aromatic rings. The molecular weight excluding hydrogens is 166 g/mol. The number of hydrogen-bond donors (Lipinski definition) is 1. The first-order valence-corrected chi connectivity index (χ1v) is 4.88. The van der Waals surface area contributed by atoms with E-state index in [4.69, 9.17) is 0 Å². The summed E-state index contributed by atoms with van der Waals surface area (Å²) in [4.78, 5) is 0. The van der Waals surface area contributed by atoms with Crippen molar-refractivity contribution < 1.29 is 0 Å². The maximum absolute atomic E-state index is 4.50. The van der Waals surface area contributed by atoms with Gasteiger partial charge >= 0.3 is 0 Å². The Balaban J connectivity index is 3.04. The fraction of sp³-hybridized carbons (Fsp3) is 0.600. The third-order valence-corrected chi connectivity index (χ3v) is 2.58. The summed E-state index contributed by atoms with van der Waals surface area (Å²) in [6.45, 7) is 8.73. The van der Waals surface area contributed by atoms with E-state index in [9.17, 15) is 0 Å². The molecule has 12 heavy (non-hydrogen) atoms. The monoisotopic (exact) mass is 183 g/mol. The molecule has 0 saturated heterocycles. The van der Waals surface area contributed by atoms with Crippen molar-refractivity contribution in [3.8, 4) is 0 Å². The molecule has 0 N–H and O–H groups in total. The van der Waals surface area contributed by atoms with Gasteiger partial charge in [0.25, 0.3) is 0 Å². The summed E-state index contributed by atoms with van der Waals surface area (Å²) in [7, 11) is 0. The second-order valence-electron chi connectivity index (χ2n) is 3.75. The Labute approximate surface area is 80.2 Å². The molecule has 0 bridgehead atoms. The van der Waals surface area contributed by atoms with Crippen LogP contribution in [0.3, 0.4) is 0 Å². The lowest BCUT2D eigenvalue weighted by Gasteiger charge is -2.11. The van der Waals surface area contributed by atoms with Crippen LogP contribution in [0.25, 0.3) is 0 Å². The van der Waals surface area contributed by atoms with Crippen molar-refractivity contribution in [2.24, 2.45) is 0 Å². The number of aromatic nitrogens is 1. The van der Waals surface area contributed by atoms with Crippen molar-refractivity contribution in [2.45, 2.75) is 44.7 Å². The molecule has 0 aliphatic heterocycles. The largest absolute Gasteiger partial charge is 0.340 e. The van der Waals surface area contributed by atoms with Crippen molar-refractivity contribution in [2.75, 3.05) is 0 Å². The zero-order valence-electron chi connectivity index (χ0n) is 8.20. The van der Waals surface area contributed by atoms with Gasteiger partial charge in [-0.25, -0.2) is 0 Å². The van der Waals surface area contributed by atoms with Crippen LogP contribution in [0.2, 0.25) is 0 Å². The second kappa shape index (κ2) is 3.56. The summed E-state index contributed by atoms with van der Waals surface area (Å²) < 4.78 is 2.19. The Bertz CT molecular complexity index is 235. The molecule has 1 heterocycles. The summed E-state index contributed by atoms with van der Waals surface area (Å²) in [5.41, 5.74) is 1.34. The zero-order chi connectivity index (χ0) is 9.30. The number of thiol groups is 1. The Morgan fingerprint density at radius 3 is 2.08 bits per heavy atom. The highest BCUT2D eigenvalue weighted by Gasteiger charge is 2.09. The van der Waals surface area contributed by atoms with Crippen LogP contribution in [0.15, 0.2) is 17.3 Å². The average molecular weight is 183 g/mol. The van der Waals surface area contributed by atoms with Crippen LogP contribution in [-0.2, 0) is 0 Å². The molecule has 0 aromatic carbocycles. The molecule has 68 valence electrons. The number of nitrogens with zero attached hydrogens (tertiary/aromatic N) is 1. The summed E-state index contributed by atoms with van der Waals surface area (Å²) in [6, 6.07) is 2.66. The van der Waals surface area contributed by atoms with E-state index in [2.05, 4.69) is 57.2 Å². The van der Waals surface area contributed by atoms with Gasteiger partial charge in [-0.05, 0) is 31.4 Å². The van der Waals surface area contributed by atoms with E-state index in [1.54, 1.807) is 0 Å². The van der Waals surface area contributed by atoms with E-state index in [1.165, 1.54) is 5.56 Å². The fourth-order valence-electron chi connectivity index (χ4n) is 1.32. The zero-order valence-corrected chi connectivity index (χ0v) is 9.10. The van der Waals surface area contributed by atoms with E-state index in [1.807, 2.05) is 0 Å². The number of rotatable bonds is 2. The lowest BCUT2D eigenvalue weighted by molar-refractivity contribution is 0.556. The first-order valence-electron chi connectivity index (χ1n) is 4.43. The van der Waals surface area contributed by atoms with Crippen molar-refractivity contribution in [3.63, 3.8) is 0 Å². The third kappa shape index (κ3) is 1.69. The highest BCUT2D eigenvalue weighted by Crippen LogP contribution is 2.26. The lowest BCUT2D eigenvalue weighted by atomic mass is 10.1. The molecule has 0 radical (unpaired) electrons. The maximum atomic E-state index is 4.50. The second-order valence-corrected chi connectivity index (χ2v) is 4.17. The van der Waals surface area contributed by atoms with Crippen LogP contribution in [0, 0.1) is 0 Å². The molecule has 2 heteroatoms. The maximum Gasteiger partial charge on any atom is 0.0754 e. The van der Waals surface area contributed by atoms with Crippen LogP contribution >= 0.6 is 12.6 Å². The van der Waals surface area contributed by atoms with Crippen molar-refractivity contribution in [1.82, 2.24) is 4.57 Å². The molecule has 1 nitrogen and oxygen atoms in total. The van der Waals surface area contributed by atoms with Gasteiger partial charge in [0.2, 0.25) is 0 Å². The van der Waals surface area contributed by atoms with Crippen molar-refractivity contribution in [1.29, 1.82) is 0 Å². The van der Waals surface area contributed by atoms with E-state index in [0.717, 1.165) is 5.03 Å². The molecule has 0 amide bonds. The van der Waals surface area contributed by atoms with Gasteiger partial charge in [-0.2, -0.15) is 0 Å². The van der Waals surface area contributed by atoms with Gasteiger partial charge in [-0.3, -0.25) is 0 Å². The van der Waals surface area contributed by atoms with Gasteiger partial charge in [0.15, 0.2) is 0 Å². The molecule has 0 unspecified atom stereocenters. The average Bonchev–Trinajstić information content (AvgIpc) is 2.30. The summed E-state index contributed by atoms with van der Waals surface area (Å²) in [5.74, 6) is 0.567. The molecule has 0 saturated carbocycles.